The fourth-order valence-electron chi connectivity index (χ4n) is 4.64. The highest BCUT2D eigenvalue weighted by atomic mass is 32.2. The molecule has 5 rings (SSSR count). The van der Waals surface area contributed by atoms with E-state index in [9.17, 15) is 13.2 Å². The molecule has 1 aromatic carbocycles. The number of anilines is 1. The van der Waals surface area contributed by atoms with Gasteiger partial charge in [-0.05, 0) is 43.9 Å². The Kier molecular flexibility index (Phi) is 5.75. The molecule has 0 saturated carbocycles. The fraction of sp³-hybridized carbons (Fsp3) is 0.522. The Morgan fingerprint density at radius 3 is 2.59 bits per heavy atom. The van der Waals surface area contributed by atoms with Gasteiger partial charge in [0.1, 0.15) is 12.4 Å². The van der Waals surface area contributed by atoms with Crippen molar-refractivity contribution in [2.45, 2.75) is 44.4 Å². The Morgan fingerprint density at radius 1 is 1.06 bits per heavy atom. The van der Waals surface area contributed by atoms with Crippen LogP contribution < -0.4 is 14.4 Å². The average Bonchev–Trinajstić information content (AvgIpc) is 3.43. The van der Waals surface area contributed by atoms with Crippen LogP contribution in [0.1, 0.15) is 31.4 Å². The highest BCUT2D eigenvalue weighted by molar-refractivity contribution is 7.91. The summed E-state index contributed by atoms with van der Waals surface area (Å²) < 4.78 is 42.0. The second kappa shape index (κ2) is 8.69. The molecule has 2 fully saturated rings. The van der Waals surface area contributed by atoms with Crippen LogP contribution in [-0.2, 0) is 21.2 Å². The summed E-state index contributed by atoms with van der Waals surface area (Å²) in [6.45, 7) is 2.21. The second-order valence-corrected chi connectivity index (χ2v) is 10.9. The molecule has 2 atom stereocenters. The Labute approximate surface area is 188 Å². The van der Waals surface area contributed by atoms with Crippen LogP contribution in [0.3, 0.4) is 0 Å². The molecule has 32 heavy (non-hydrogen) atoms. The maximum absolute atomic E-state index is 13.5. The van der Waals surface area contributed by atoms with Crippen molar-refractivity contribution in [3.8, 4) is 11.5 Å². The number of rotatable bonds is 5. The SMILES string of the molecule is O=C(C1COc2ccccc2O1)N(Cc1ccc(N2CCCCC2)o1)C1CCS(=O)(=O)C1. The summed E-state index contributed by atoms with van der Waals surface area (Å²) in [4.78, 5) is 17.3. The largest absolute Gasteiger partial charge is 0.485 e. The van der Waals surface area contributed by atoms with E-state index in [1.54, 1.807) is 17.0 Å². The van der Waals surface area contributed by atoms with Crippen molar-refractivity contribution in [2.24, 2.45) is 0 Å². The zero-order valence-electron chi connectivity index (χ0n) is 17.9. The molecule has 0 radical (unpaired) electrons. The lowest BCUT2D eigenvalue weighted by Gasteiger charge is -2.33. The van der Waals surface area contributed by atoms with Crippen LogP contribution in [0, 0.1) is 0 Å². The number of furan rings is 1. The lowest BCUT2D eigenvalue weighted by atomic mass is 10.1. The number of carbonyl (C=O) groups excluding carboxylic acids is 1. The smallest absolute Gasteiger partial charge is 0.267 e. The van der Waals surface area contributed by atoms with Gasteiger partial charge in [-0.25, -0.2) is 8.42 Å². The summed E-state index contributed by atoms with van der Waals surface area (Å²) >= 11 is 0. The van der Waals surface area contributed by atoms with Gasteiger partial charge in [0.15, 0.2) is 27.2 Å². The molecule has 8 nitrogen and oxygen atoms in total. The first-order valence-electron chi connectivity index (χ1n) is 11.2. The maximum Gasteiger partial charge on any atom is 0.267 e. The third-order valence-corrected chi connectivity index (χ3v) is 8.11. The van der Waals surface area contributed by atoms with Gasteiger partial charge in [0.2, 0.25) is 6.10 Å². The molecule has 0 N–H and O–H groups in total. The van der Waals surface area contributed by atoms with Crippen molar-refractivity contribution >= 4 is 21.6 Å². The molecule has 1 aromatic heterocycles. The summed E-state index contributed by atoms with van der Waals surface area (Å²) in [6, 6.07) is 10.6. The summed E-state index contributed by atoms with van der Waals surface area (Å²) in [7, 11) is -3.16. The van der Waals surface area contributed by atoms with Crippen LogP contribution in [0.15, 0.2) is 40.8 Å². The molecule has 3 aliphatic heterocycles. The van der Waals surface area contributed by atoms with Gasteiger partial charge < -0.3 is 23.7 Å². The van der Waals surface area contributed by atoms with Gasteiger partial charge in [0.05, 0.1) is 18.1 Å². The Balaban J connectivity index is 1.35. The van der Waals surface area contributed by atoms with Crippen molar-refractivity contribution in [1.82, 2.24) is 4.90 Å². The van der Waals surface area contributed by atoms with Crippen LogP contribution in [0.25, 0.3) is 0 Å². The minimum Gasteiger partial charge on any atom is -0.485 e. The predicted molar refractivity (Wildman–Crippen MR) is 119 cm³/mol. The first-order chi connectivity index (χ1) is 15.5. The molecule has 0 spiro atoms. The monoisotopic (exact) mass is 460 g/mol. The second-order valence-electron chi connectivity index (χ2n) is 8.67. The van der Waals surface area contributed by atoms with Gasteiger partial charge in [0.25, 0.3) is 5.91 Å². The van der Waals surface area contributed by atoms with Gasteiger partial charge >= 0.3 is 0 Å². The van der Waals surface area contributed by atoms with Gasteiger partial charge in [-0.3, -0.25) is 4.79 Å². The van der Waals surface area contributed by atoms with Crippen molar-refractivity contribution in [3.63, 3.8) is 0 Å². The molecular formula is C23H28N2O6S. The highest BCUT2D eigenvalue weighted by Crippen LogP contribution is 2.32. The van der Waals surface area contributed by atoms with Crippen molar-refractivity contribution in [3.05, 3.63) is 42.2 Å². The van der Waals surface area contributed by atoms with E-state index in [4.69, 9.17) is 13.9 Å². The standard InChI is InChI=1S/C23H28N2O6S/c26-23(21-15-29-19-6-2-3-7-20(19)31-21)25(17-10-13-32(27,28)16-17)14-18-8-9-22(30-18)24-11-4-1-5-12-24/h2-3,6-9,17,21H,1,4-5,10-16H2. The number of benzene rings is 1. The van der Waals surface area contributed by atoms with E-state index in [0.29, 0.717) is 23.7 Å². The number of hydrogen-bond acceptors (Lipinski definition) is 7. The van der Waals surface area contributed by atoms with Crippen molar-refractivity contribution < 1.29 is 27.1 Å². The maximum atomic E-state index is 13.5. The van der Waals surface area contributed by atoms with Crippen LogP contribution in [0.2, 0.25) is 0 Å². The number of piperidine rings is 1. The average molecular weight is 461 g/mol. The number of carbonyl (C=O) groups is 1. The van der Waals surface area contributed by atoms with E-state index in [2.05, 4.69) is 4.90 Å². The zero-order chi connectivity index (χ0) is 22.1. The van der Waals surface area contributed by atoms with E-state index in [0.717, 1.165) is 31.8 Å². The van der Waals surface area contributed by atoms with E-state index in [-0.39, 0.29) is 30.6 Å². The Hall–Kier alpha value is -2.68. The summed E-state index contributed by atoms with van der Waals surface area (Å²) in [5, 5.41) is 0. The van der Waals surface area contributed by atoms with Gasteiger partial charge in [-0.15, -0.1) is 0 Å². The first-order valence-corrected chi connectivity index (χ1v) is 13.0. The number of hydrogen-bond donors (Lipinski definition) is 0. The first kappa shape index (κ1) is 21.2. The van der Waals surface area contributed by atoms with Gasteiger partial charge in [-0.1, -0.05) is 12.1 Å². The lowest BCUT2D eigenvalue weighted by molar-refractivity contribution is -0.144. The van der Waals surface area contributed by atoms with Crippen molar-refractivity contribution in [2.75, 3.05) is 36.1 Å². The minimum absolute atomic E-state index is 0.0391. The van der Waals surface area contributed by atoms with Crippen LogP contribution in [-0.4, -0.2) is 62.6 Å². The highest BCUT2D eigenvalue weighted by Gasteiger charge is 2.39. The van der Waals surface area contributed by atoms with Crippen LogP contribution in [0.4, 0.5) is 5.88 Å². The van der Waals surface area contributed by atoms with Gasteiger partial charge in [0, 0.05) is 25.2 Å². The fourth-order valence-corrected chi connectivity index (χ4v) is 6.37. The number of amides is 1. The normalized spacial score (nSPS) is 24.3. The third kappa shape index (κ3) is 4.44. The number of sulfone groups is 1. The number of ether oxygens (including phenoxy) is 2. The summed E-state index contributed by atoms with van der Waals surface area (Å²) in [5.41, 5.74) is 0. The molecule has 0 aliphatic carbocycles. The van der Waals surface area contributed by atoms with Gasteiger partial charge in [-0.2, -0.15) is 0 Å². The molecule has 2 unspecified atom stereocenters. The Bertz CT molecular complexity index is 1080. The Morgan fingerprint density at radius 2 is 1.84 bits per heavy atom. The van der Waals surface area contributed by atoms with E-state index in [1.807, 2.05) is 24.3 Å². The molecule has 0 bridgehead atoms. The summed E-state index contributed by atoms with van der Waals surface area (Å²) in [5.74, 6) is 2.33. The van der Waals surface area contributed by atoms with Crippen LogP contribution in [0.5, 0.6) is 11.5 Å². The molecule has 2 aromatic rings. The van der Waals surface area contributed by atoms with Crippen LogP contribution >= 0.6 is 0 Å². The summed E-state index contributed by atoms with van der Waals surface area (Å²) in [6.07, 6.45) is 3.10. The lowest BCUT2D eigenvalue weighted by Crippen LogP contribution is -2.50. The number of nitrogens with zero attached hydrogens (tertiary/aromatic N) is 2. The molecule has 172 valence electrons. The van der Waals surface area contributed by atoms with E-state index < -0.39 is 22.0 Å². The van der Waals surface area contributed by atoms with Crippen molar-refractivity contribution in [1.29, 1.82) is 0 Å². The molecule has 4 heterocycles. The number of fused-ring (bicyclic) bond motifs is 1. The minimum atomic E-state index is -3.16. The molecule has 2 saturated heterocycles. The third-order valence-electron chi connectivity index (χ3n) is 6.36. The number of para-hydroxylation sites is 2. The molecule has 9 heteroatoms. The topological polar surface area (TPSA) is 89.3 Å². The molecular weight excluding hydrogens is 432 g/mol. The van der Waals surface area contributed by atoms with E-state index in [1.165, 1.54) is 6.42 Å². The predicted octanol–water partition coefficient (Wildman–Crippen LogP) is 2.63. The van der Waals surface area contributed by atoms with E-state index >= 15 is 0 Å². The molecule has 1 amide bonds. The molecule has 3 aliphatic rings. The quantitative estimate of drug-likeness (QED) is 0.678. The zero-order valence-corrected chi connectivity index (χ0v) is 18.8.